The molecular formula is C8H8BrClN2OS. The van der Waals surface area contributed by atoms with Crippen molar-refractivity contribution in [2.45, 2.75) is 0 Å². The number of nitrogen functional groups attached to an aromatic ring is 1. The van der Waals surface area contributed by atoms with Crippen LogP contribution >= 0.6 is 39.9 Å². The molecule has 1 heterocycles. The molecule has 2 rings (SSSR count). The Morgan fingerprint density at radius 3 is 2.86 bits per heavy atom. The summed E-state index contributed by atoms with van der Waals surface area (Å²) in [6.45, 7) is 0. The maximum absolute atomic E-state index is 6.02. The molecule has 76 valence electrons. The molecule has 3 nitrogen and oxygen atoms in total. The van der Waals surface area contributed by atoms with Crippen LogP contribution in [0, 0.1) is 0 Å². The number of anilines is 1. The minimum Gasteiger partial charge on any atom is -0.495 e. The van der Waals surface area contributed by atoms with Crippen molar-refractivity contribution in [1.82, 2.24) is 4.98 Å². The number of fused-ring (bicyclic) bond motifs is 1. The molecule has 2 aromatic rings. The predicted molar refractivity (Wildman–Crippen MR) is 65.9 cm³/mol. The molecule has 0 spiro atoms. The molecule has 14 heavy (non-hydrogen) atoms. The molecule has 2 N–H and O–H groups in total. The van der Waals surface area contributed by atoms with Gasteiger partial charge in [-0.25, -0.2) is 4.98 Å². The molecule has 0 unspecified atom stereocenters. The zero-order valence-electron chi connectivity index (χ0n) is 7.28. The molecule has 0 aliphatic rings. The van der Waals surface area contributed by atoms with Crippen molar-refractivity contribution >= 4 is 55.3 Å². The van der Waals surface area contributed by atoms with Crippen LogP contribution < -0.4 is 10.5 Å². The second kappa shape index (κ2) is 4.33. The van der Waals surface area contributed by atoms with Gasteiger partial charge in [-0.2, -0.15) is 0 Å². The second-order valence-electron chi connectivity index (χ2n) is 2.48. The van der Waals surface area contributed by atoms with E-state index < -0.39 is 0 Å². The van der Waals surface area contributed by atoms with Crippen LogP contribution in [0.15, 0.2) is 12.1 Å². The molecular weight excluding hydrogens is 288 g/mol. The van der Waals surface area contributed by atoms with Crippen LogP contribution in [0.4, 0.5) is 5.13 Å². The van der Waals surface area contributed by atoms with E-state index >= 15 is 0 Å². The van der Waals surface area contributed by atoms with Crippen LogP contribution in [-0.2, 0) is 0 Å². The van der Waals surface area contributed by atoms with Crippen molar-refractivity contribution in [3.8, 4) is 5.75 Å². The van der Waals surface area contributed by atoms with Gasteiger partial charge in [-0.3, -0.25) is 0 Å². The average molecular weight is 296 g/mol. The maximum atomic E-state index is 6.02. The Balaban J connectivity index is 0.000000980. The molecule has 6 heteroatoms. The monoisotopic (exact) mass is 294 g/mol. The lowest BCUT2D eigenvalue weighted by Crippen LogP contribution is -1.84. The first kappa shape index (κ1) is 11.6. The summed E-state index contributed by atoms with van der Waals surface area (Å²) in [4.78, 5) is 4.11. The number of methoxy groups -OCH3 is 1. The summed E-state index contributed by atoms with van der Waals surface area (Å²) >= 11 is 7.43. The lowest BCUT2D eigenvalue weighted by atomic mass is 10.3. The normalized spacial score (nSPS) is 9.86. The van der Waals surface area contributed by atoms with E-state index in [0.717, 1.165) is 4.70 Å². The van der Waals surface area contributed by atoms with Crippen molar-refractivity contribution in [3.63, 3.8) is 0 Å². The highest BCUT2D eigenvalue weighted by atomic mass is 79.9. The molecule has 0 atom stereocenters. The average Bonchev–Trinajstić information content (AvgIpc) is 2.47. The number of thiazole rings is 1. The number of nitrogens with two attached hydrogens (primary N) is 1. The summed E-state index contributed by atoms with van der Waals surface area (Å²) in [6.07, 6.45) is 0. The van der Waals surface area contributed by atoms with E-state index in [1.807, 2.05) is 12.1 Å². The van der Waals surface area contributed by atoms with E-state index in [9.17, 15) is 0 Å². The van der Waals surface area contributed by atoms with E-state index in [4.69, 9.17) is 22.1 Å². The number of nitrogens with zero attached hydrogens (tertiary/aromatic N) is 1. The molecule has 0 amide bonds. The molecule has 0 aliphatic heterocycles. The van der Waals surface area contributed by atoms with E-state index in [1.54, 1.807) is 7.11 Å². The highest BCUT2D eigenvalue weighted by Gasteiger charge is 2.09. The van der Waals surface area contributed by atoms with Crippen LogP contribution in [-0.4, -0.2) is 12.1 Å². The summed E-state index contributed by atoms with van der Waals surface area (Å²) in [5.41, 5.74) is 6.27. The molecule has 0 radical (unpaired) electrons. The van der Waals surface area contributed by atoms with E-state index in [2.05, 4.69) is 4.98 Å². The zero-order chi connectivity index (χ0) is 9.42. The van der Waals surface area contributed by atoms with Crippen LogP contribution in [0.5, 0.6) is 5.75 Å². The van der Waals surface area contributed by atoms with Gasteiger partial charge in [0.15, 0.2) is 5.13 Å². The van der Waals surface area contributed by atoms with E-state index in [-0.39, 0.29) is 17.0 Å². The fourth-order valence-electron chi connectivity index (χ4n) is 1.12. The number of hydrogen-bond donors (Lipinski definition) is 1. The molecule has 1 aromatic heterocycles. The van der Waals surface area contributed by atoms with Gasteiger partial charge in [0.1, 0.15) is 16.3 Å². The third kappa shape index (κ3) is 1.80. The molecule has 0 saturated carbocycles. The second-order valence-corrected chi connectivity index (χ2v) is 3.92. The predicted octanol–water partition coefficient (Wildman–Crippen LogP) is 3.12. The van der Waals surface area contributed by atoms with Crippen LogP contribution in [0.3, 0.4) is 0 Å². The largest absolute Gasteiger partial charge is 0.495 e. The van der Waals surface area contributed by atoms with Gasteiger partial charge >= 0.3 is 0 Å². The third-order valence-corrected chi connectivity index (χ3v) is 2.92. The third-order valence-electron chi connectivity index (χ3n) is 1.70. The first-order chi connectivity index (χ1) is 6.22. The molecule has 0 fully saturated rings. The van der Waals surface area contributed by atoms with Gasteiger partial charge < -0.3 is 10.5 Å². The lowest BCUT2D eigenvalue weighted by Gasteiger charge is -2.01. The van der Waals surface area contributed by atoms with Crippen molar-refractivity contribution in [1.29, 1.82) is 0 Å². The Labute approximate surface area is 101 Å². The minimum absolute atomic E-state index is 0. The van der Waals surface area contributed by atoms with Crippen LogP contribution in [0.1, 0.15) is 0 Å². The Morgan fingerprint density at radius 2 is 2.21 bits per heavy atom. The maximum Gasteiger partial charge on any atom is 0.181 e. The standard InChI is InChI=1S/C8H7ClN2OS.BrH/c1-12-4-2-3-5-7(6(4)9)11-8(10)13-5;/h2-3H,1H3,(H2,10,11);1H. The first-order valence-corrected chi connectivity index (χ1v) is 4.80. The van der Waals surface area contributed by atoms with Crippen LogP contribution in [0.25, 0.3) is 10.2 Å². The number of ether oxygens (including phenoxy) is 1. The Hall–Kier alpha value is -0.520. The number of rotatable bonds is 1. The van der Waals surface area contributed by atoms with E-state index in [1.165, 1.54) is 11.3 Å². The van der Waals surface area contributed by atoms with Crippen LogP contribution in [0.2, 0.25) is 5.02 Å². The summed E-state index contributed by atoms with van der Waals surface area (Å²) in [7, 11) is 1.57. The highest BCUT2D eigenvalue weighted by Crippen LogP contribution is 2.35. The number of hydrogen-bond acceptors (Lipinski definition) is 4. The minimum atomic E-state index is 0. The fraction of sp³-hybridized carbons (Fsp3) is 0.125. The Morgan fingerprint density at radius 1 is 1.50 bits per heavy atom. The van der Waals surface area contributed by atoms with Gasteiger partial charge in [0, 0.05) is 0 Å². The van der Waals surface area contributed by atoms with Crippen molar-refractivity contribution in [2.75, 3.05) is 12.8 Å². The Bertz CT molecular complexity index is 460. The molecule has 0 bridgehead atoms. The summed E-state index contributed by atoms with van der Waals surface area (Å²) in [6, 6.07) is 3.70. The molecule has 0 saturated heterocycles. The topological polar surface area (TPSA) is 48.1 Å². The smallest absolute Gasteiger partial charge is 0.181 e. The molecule has 1 aromatic carbocycles. The van der Waals surface area contributed by atoms with Crippen molar-refractivity contribution in [3.05, 3.63) is 17.2 Å². The van der Waals surface area contributed by atoms with E-state index in [0.29, 0.717) is 21.4 Å². The number of aromatic nitrogens is 1. The highest BCUT2D eigenvalue weighted by molar-refractivity contribution is 8.93. The first-order valence-electron chi connectivity index (χ1n) is 3.61. The van der Waals surface area contributed by atoms with Gasteiger partial charge in [-0.1, -0.05) is 22.9 Å². The Kier molecular flexibility index (Phi) is 3.58. The van der Waals surface area contributed by atoms with Gasteiger partial charge in [0.2, 0.25) is 0 Å². The lowest BCUT2D eigenvalue weighted by molar-refractivity contribution is 0.415. The summed E-state index contributed by atoms with van der Waals surface area (Å²) in [5, 5.41) is 1.04. The summed E-state index contributed by atoms with van der Waals surface area (Å²) < 4.78 is 6.03. The van der Waals surface area contributed by atoms with Gasteiger partial charge in [-0.15, -0.1) is 17.0 Å². The quantitative estimate of drug-likeness (QED) is 0.879. The van der Waals surface area contributed by atoms with Crippen molar-refractivity contribution < 1.29 is 4.74 Å². The van der Waals surface area contributed by atoms with Crippen molar-refractivity contribution in [2.24, 2.45) is 0 Å². The molecule has 0 aliphatic carbocycles. The SMILES string of the molecule is Br.COc1ccc2sc(N)nc2c1Cl. The fourth-order valence-corrected chi connectivity index (χ4v) is 2.20. The summed E-state index contributed by atoms with van der Waals surface area (Å²) in [5.74, 6) is 0.625. The zero-order valence-corrected chi connectivity index (χ0v) is 10.6. The van der Waals surface area contributed by atoms with Gasteiger partial charge in [-0.05, 0) is 12.1 Å². The number of benzene rings is 1. The van der Waals surface area contributed by atoms with Gasteiger partial charge in [0.05, 0.1) is 11.8 Å². The van der Waals surface area contributed by atoms with Gasteiger partial charge in [0.25, 0.3) is 0 Å². The number of halogens is 2.